The van der Waals surface area contributed by atoms with E-state index in [1.807, 2.05) is 0 Å². The van der Waals surface area contributed by atoms with Gasteiger partial charge in [0.25, 0.3) is 5.91 Å². The Morgan fingerprint density at radius 1 is 1.32 bits per heavy atom. The lowest BCUT2D eigenvalue weighted by molar-refractivity contribution is -0.146. The number of nitrogens with zero attached hydrogens (tertiary/aromatic N) is 3. The third kappa shape index (κ3) is 3.03. The molecule has 0 aromatic carbocycles. The first-order chi connectivity index (χ1) is 12.0. The Labute approximate surface area is 145 Å². The number of halogens is 2. The van der Waals surface area contributed by atoms with Crippen molar-refractivity contribution in [1.82, 2.24) is 14.4 Å². The average Bonchev–Trinajstić information content (AvgIpc) is 3.23. The molecule has 2 fully saturated rings. The van der Waals surface area contributed by atoms with Gasteiger partial charge in [0.2, 0.25) is 5.91 Å². The van der Waals surface area contributed by atoms with Crippen molar-refractivity contribution in [3.05, 3.63) is 24.0 Å². The molecule has 1 atom stereocenters. The minimum atomic E-state index is -2.78. The highest BCUT2D eigenvalue weighted by molar-refractivity contribution is 5.99. The van der Waals surface area contributed by atoms with Crippen molar-refractivity contribution in [3.8, 4) is 0 Å². The van der Waals surface area contributed by atoms with E-state index in [0.29, 0.717) is 50.1 Å². The molecule has 1 aromatic heterocycles. The second-order valence-corrected chi connectivity index (χ2v) is 6.56. The zero-order valence-electron chi connectivity index (χ0n) is 14.3. The van der Waals surface area contributed by atoms with Gasteiger partial charge in [-0.15, -0.1) is 0 Å². The van der Waals surface area contributed by atoms with Gasteiger partial charge in [0.05, 0.1) is 6.61 Å². The highest BCUT2D eigenvalue weighted by Gasteiger charge is 2.53. The van der Waals surface area contributed by atoms with Crippen LogP contribution in [0.15, 0.2) is 18.3 Å². The zero-order valence-corrected chi connectivity index (χ0v) is 14.3. The predicted molar refractivity (Wildman–Crippen MR) is 86.4 cm³/mol. The number of ether oxygens (including phenoxy) is 1. The van der Waals surface area contributed by atoms with Crippen molar-refractivity contribution >= 4 is 11.8 Å². The topological polar surface area (TPSA) is 54.8 Å². The molecular weight excluding hydrogens is 332 g/mol. The largest absolute Gasteiger partial charge is 0.383 e. The molecule has 3 heterocycles. The van der Waals surface area contributed by atoms with Gasteiger partial charge in [-0.05, 0) is 37.8 Å². The monoisotopic (exact) mass is 355 g/mol. The van der Waals surface area contributed by atoms with Crippen LogP contribution in [-0.2, 0) is 9.53 Å². The van der Waals surface area contributed by atoms with Crippen LogP contribution < -0.4 is 0 Å². The number of aromatic nitrogens is 1. The van der Waals surface area contributed by atoms with Crippen LogP contribution in [0.2, 0.25) is 0 Å². The number of methoxy groups -OCH3 is 1. The van der Waals surface area contributed by atoms with Gasteiger partial charge in [-0.25, -0.2) is 0 Å². The molecule has 2 saturated heterocycles. The van der Waals surface area contributed by atoms with Crippen molar-refractivity contribution in [1.29, 1.82) is 0 Å². The van der Waals surface area contributed by atoms with E-state index in [1.54, 1.807) is 12.0 Å². The third-order valence-electron chi connectivity index (χ3n) is 5.21. The molecule has 1 aromatic rings. The Morgan fingerprint density at radius 3 is 2.72 bits per heavy atom. The number of hydrogen-bond donors (Lipinski definition) is 0. The molecule has 2 aliphatic rings. The normalized spacial score (nSPS) is 23.9. The summed E-state index contributed by atoms with van der Waals surface area (Å²) in [6.45, 7) is -0.819. The fraction of sp³-hybridized carbons (Fsp3) is 0.647. The van der Waals surface area contributed by atoms with Crippen LogP contribution >= 0.6 is 0 Å². The molecule has 25 heavy (non-hydrogen) atoms. The van der Waals surface area contributed by atoms with E-state index in [4.69, 9.17) is 4.74 Å². The van der Waals surface area contributed by atoms with Gasteiger partial charge in [0, 0.05) is 32.9 Å². The molecule has 1 spiro atoms. The number of rotatable bonds is 5. The summed E-state index contributed by atoms with van der Waals surface area (Å²) in [5, 5.41) is 0. The quantitative estimate of drug-likeness (QED) is 0.813. The smallest absolute Gasteiger partial charge is 0.319 e. The summed E-state index contributed by atoms with van der Waals surface area (Å²) in [6.07, 6.45) is 3.83. The van der Waals surface area contributed by atoms with Gasteiger partial charge < -0.3 is 14.5 Å². The van der Waals surface area contributed by atoms with Gasteiger partial charge in [0.15, 0.2) is 0 Å². The Kier molecular flexibility index (Phi) is 5.08. The molecule has 1 unspecified atom stereocenters. The minimum Gasteiger partial charge on any atom is -0.383 e. The van der Waals surface area contributed by atoms with Crippen LogP contribution in [-0.4, -0.2) is 65.1 Å². The Balaban J connectivity index is 1.87. The molecule has 2 amide bonds. The molecule has 0 bridgehead atoms. The molecule has 0 saturated carbocycles. The van der Waals surface area contributed by atoms with Gasteiger partial charge in [-0.3, -0.25) is 14.2 Å². The number of hydrogen-bond acceptors (Lipinski definition) is 3. The van der Waals surface area contributed by atoms with E-state index < -0.39 is 18.0 Å². The van der Waals surface area contributed by atoms with Crippen molar-refractivity contribution in [2.75, 3.05) is 33.4 Å². The summed E-state index contributed by atoms with van der Waals surface area (Å²) in [6, 6.07) is 2.81. The Morgan fingerprint density at radius 2 is 2.04 bits per heavy atom. The van der Waals surface area contributed by atoms with Crippen LogP contribution in [0.4, 0.5) is 8.78 Å². The first-order valence-electron chi connectivity index (χ1n) is 8.56. The van der Waals surface area contributed by atoms with Gasteiger partial charge >= 0.3 is 6.55 Å². The van der Waals surface area contributed by atoms with Gasteiger partial charge in [-0.1, -0.05) is 0 Å². The van der Waals surface area contributed by atoms with Gasteiger partial charge in [0.1, 0.15) is 11.2 Å². The standard InChI is InChI=1S/C17H23F2N3O3/c1-25-12-11-20-8-3-6-17(15(20)24)7-4-10-22(17)14(23)13-5-2-9-21(13)16(18)19/h2,5,9,16H,3-4,6-8,10-12H2,1H3. The van der Waals surface area contributed by atoms with Crippen LogP contribution in [0.5, 0.6) is 0 Å². The Bertz CT molecular complexity index is 649. The lowest BCUT2D eigenvalue weighted by Crippen LogP contribution is -2.61. The number of amides is 2. The van der Waals surface area contributed by atoms with E-state index in [1.165, 1.54) is 23.2 Å². The molecule has 138 valence electrons. The summed E-state index contributed by atoms with van der Waals surface area (Å²) < 4.78 is 32.0. The van der Waals surface area contributed by atoms with Crippen LogP contribution in [0.1, 0.15) is 42.7 Å². The lowest BCUT2D eigenvalue weighted by Gasteiger charge is -2.44. The van der Waals surface area contributed by atoms with E-state index in [-0.39, 0.29) is 11.6 Å². The summed E-state index contributed by atoms with van der Waals surface area (Å²) in [4.78, 5) is 29.3. The SMILES string of the molecule is COCCN1CCCC2(CCCN2C(=O)c2cccn2C(F)F)C1=O. The number of alkyl halides is 2. The summed E-state index contributed by atoms with van der Waals surface area (Å²) in [7, 11) is 1.58. The first-order valence-corrected chi connectivity index (χ1v) is 8.56. The number of carbonyl (C=O) groups excluding carboxylic acids is 2. The van der Waals surface area contributed by atoms with E-state index in [9.17, 15) is 18.4 Å². The van der Waals surface area contributed by atoms with Crippen molar-refractivity contribution < 1.29 is 23.1 Å². The molecule has 6 nitrogen and oxygen atoms in total. The predicted octanol–water partition coefficient (Wildman–Crippen LogP) is 2.13. The summed E-state index contributed by atoms with van der Waals surface area (Å²) in [5.41, 5.74) is -0.974. The van der Waals surface area contributed by atoms with Crippen molar-refractivity contribution in [2.24, 2.45) is 0 Å². The highest BCUT2D eigenvalue weighted by atomic mass is 19.3. The highest BCUT2D eigenvalue weighted by Crippen LogP contribution is 2.39. The van der Waals surface area contributed by atoms with E-state index in [2.05, 4.69) is 0 Å². The lowest BCUT2D eigenvalue weighted by atomic mass is 9.85. The maximum absolute atomic E-state index is 13.1. The third-order valence-corrected chi connectivity index (χ3v) is 5.21. The molecule has 0 radical (unpaired) electrons. The van der Waals surface area contributed by atoms with E-state index >= 15 is 0 Å². The average molecular weight is 355 g/mol. The van der Waals surface area contributed by atoms with Crippen molar-refractivity contribution in [3.63, 3.8) is 0 Å². The van der Waals surface area contributed by atoms with Crippen LogP contribution in [0.25, 0.3) is 0 Å². The molecule has 3 rings (SSSR count). The molecule has 0 N–H and O–H groups in total. The number of piperidine rings is 1. The second kappa shape index (κ2) is 7.11. The van der Waals surface area contributed by atoms with Crippen LogP contribution in [0, 0.1) is 0 Å². The maximum Gasteiger partial charge on any atom is 0.319 e. The Hall–Kier alpha value is -1.96. The fourth-order valence-corrected chi connectivity index (χ4v) is 4.02. The number of likely N-dealkylation sites (tertiary alicyclic amines) is 2. The maximum atomic E-state index is 13.1. The molecule has 0 aliphatic carbocycles. The molecule has 8 heteroatoms. The minimum absolute atomic E-state index is 0.0712. The molecular formula is C17H23F2N3O3. The summed E-state index contributed by atoms with van der Waals surface area (Å²) in [5.74, 6) is -0.582. The first kappa shape index (κ1) is 17.8. The summed E-state index contributed by atoms with van der Waals surface area (Å²) >= 11 is 0. The van der Waals surface area contributed by atoms with E-state index in [0.717, 1.165) is 6.42 Å². The molecule has 2 aliphatic heterocycles. The second-order valence-electron chi connectivity index (χ2n) is 6.56. The fourth-order valence-electron chi connectivity index (χ4n) is 4.02. The van der Waals surface area contributed by atoms with Crippen molar-refractivity contribution in [2.45, 2.75) is 37.8 Å². The van der Waals surface area contributed by atoms with Gasteiger partial charge in [-0.2, -0.15) is 8.78 Å². The number of carbonyl (C=O) groups is 2. The van der Waals surface area contributed by atoms with Crippen LogP contribution in [0.3, 0.4) is 0 Å². The zero-order chi connectivity index (χ0) is 18.0.